The summed E-state index contributed by atoms with van der Waals surface area (Å²) in [7, 11) is 0. The minimum absolute atomic E-state index is 0.528. The highest BCUT2D eigenvalue weighted by Gasteiger charge is 2.12. The van der Waals surface area contributed by atoms with Gasteiger partial charge in [-0.15, -0.1) is 0 Å². The molecule has 0 aliphatic heterocycles. The molecule has 0 fully saturated rings. The molecule has 0 saturated carbocycles. The highest BCUT2D eigenvalue weighted by Crippen LogP contribution is 2.33. The molecule has 2 heterocycles. The second-order valence-corrected chi connectivity index (χ2v) is 5.63. The number of aromatic nitrogens is 3. The van der Waals surface area contributed by atoms with Crippen molar-refractivity contribution in [1.29, 1.82) is 0 Å². The lowest BCUT2D eigenvalue weighted by atomic mass is 10.2. The fraction of sp³-hybridized carbons (Fsp3) is 0.167. The molecule has 0 bridgehead atoms. The SMILES string of the molecule is CCc1nn2cc(-c3cccc(Cl)c3Cl)nc2s1. The van der Waals surface area contributed by atoms with Crippen LogP contribution in [0.5, 0.6) is 0 Å². The number of rotatable bonds is 2. The number of fused-ring (bicyclic) bond motifs is 1. The largest absolute Gasteiger partial charge is 0.217 e. The smallest absolute Gasteiger partial charge is 0.212 e. The summed E-state index contributed by atoms with van der Waals surface area (Å²) in [6, 6.07) is 5.53. The maximum Gasteiger partial charge on any atom is 0.212 e. The Bertz CT molecular complexity index is 686. The maximum absolute atomic E-state index is 6.18. The Morgan fingerprint density at radius 1 is 1.33 bits per heavy atom. The lowest BCUT2D eigenvalue weighted by Crippen LogP contribution is -1.84. The quantitative estimate of drug-likeness (QED) is 0.705. The van der Waals surface area contributed by atoms with Gasteiger partial charge in [0.15, 0.2) is 0 Å². The average molecular weight is 298 g/mol. The van der Waals surface area contributed by atoms with Gasteiger partial charge in [0.2, 0.25) is 4.96 Å². The summed E-state index contributed by atoms with van der Waals surface area (Å²) < 4.78 is 1.79. The van der Waals surface area contributed by atoms with Gasteiger partial charge >= 0.3 is 0 Å². The van der Waals surface area contributed by atoms with Gasteiger partial charge in [0, 0.05) is 5.56 Å². The molecule has 0 saturated heterocycles. The highest BCUT2D eigenvalue weighted by molar-refractivity contribution is 7.16. The molecule has 6 heteroatoms. The Hall–Kier alpha value is -1.10. The predicted molar refractivity (Wildman–Crippen MR) is 75.7 cm³/mol. The van der Waals surface area contributed by atoms with Crippen molar-refractivity contribution >= 4 is 39.5 Å². The topological polar surface area (TPSA) is 30.2 Å². The Morgan fingerprint density at radius 3 is 2.89 bits per heavy atom. The molecule has 92 valence electrons. The number of nitrogens with zero attached hydrogens (tertiary/aromatic N) is 3. The van der Waals surface area contributed by atoms with E-state index >= 15 is 0 Å². The Kier molecular flexibility index (Phi) is 3.01. The molecule has 0 aliphatic rings. The van der Waals surface area contributed by atoms with Gasteiger partial charge in [-0.3, -0.25) is 0 Å². The summed E-state index contributed by atoms with van der Waals surface area (Å²) >= 11 is 13.8. The van der Waals surface area contributed by atoms with Crippen molar-refractivity contribution in [3.8, 4) is 11.3 Å². The monoisotopic (exact) mass is 297 g/mol. The molecule has 0 aliphatic carbocycles. The molecule has 3 rings (SSSR count). The van der Waals surface area contributed by atoms with E-state index in [-0.39, 0.29) is 0 Å². The van der Waals surface area contributed by atoms with E-state index in [2.05, 4.69) is 17.0 Å². The second-order valence-electron chi connectivity index (χ2n) is 3.80. The molecule has 3 aromatic rings. The number of benzene rings is 1. The molecule has 0 spiro atoms. The third-order valence-electron chi connectivity index (χ3n) is 2.62. The predicted octanol–water partition coefficient (Wildman–Crippen LogP) is 4.33. The first-order valence-electron chi connectivity index (χ1n) is 5.48. The molecule has 3 nitrogen and oxygen atoms in total. The van der Waals surface area contributed by atoms with Gasteiger partial charge in [0.05, 0.1) is 21.9 Å². The van der Waals surface area contributed by atoms with E-state index in [9.17, 15) is 0 Å². The fourth-order valence-corrected chi connectivity index (χ4v) is 2.93. The van der Waals surface area contributed by atoms with E-state index < -0.39 is 0 Å². The first-order valence-corrected chi connectivity index (χ1v) is 7.05. The minimum atomic E-state index is 0.528. The number of aryl methyl sites for hydroxylation is 1. The number of hydrogen-bond acceptors (Lipinski definition) is 3. The van der Waals surface area contributed by atoms with Gasteiger partial charge in [0.1, 0.15) is 5.01 Å². The lowest BCUT2D eigenvalue weighted by molar-refractivity contribution is 0.910. The molecular formula is C12H9Cl2N3S. The van der Waals surface area contributed by atoms with Crippen molar-refractivity contribution in [2.75, 3.05) is 0 Å². The van der Waals surface area contributed by atoms with Crippen LogP contribution >= 0.6 is 34.5 Å². The second kappa shape index (κ2) is 4.53. The van der Waals surface area contributed by atoms with Gasteiger partial charge in [-0.05, 0) is 12.5 Å². The lowest BCUT2D eigenvalue weighted by Gasteiger charge is -2.01. The summed E-state index contributed by atoms with van der Waals surface area (Å²) in [5.41, 5.74) is 1.63. The van der Waals surface area contributed by atoms with Gasteiger partial charge in [-0.2, -0.15) is 5.10 Å². The van der Waals surface area contributed by atoms with E-state index in [0.29, 0.717) is 10.0 Å². The van der Waals surface area contributed by atoms with Crippen molar-refractivity contribution in [3.63, 3.8) is 0 Å². The van der Waals surface area contributed by atoms with E-state index in [1.165, 1.54) is 0 Å². The van der Waals surface area contributed by atoms with Gasteiger partial charge < -0.3 is 0 Å². The third-order valence-corrected chi connectivity index (χ3v) is 4.50. The minimum Gasteiger partial charge on any atom is -0.217 e. The fourth-order valence-electron chi connectivity index (χ4n) is 1.72. The van der Waals surface area contributed by atoms with Crippen LogP contribution in [0.25, 0.3) is 16.2 Å². The van der Waals surface area contributed by atoms with Crippen LogP contribution in [0, 0.1) is 0 Å². The van der Waals surface area contributed by atoms with Gasteiger partial charge in [0.25, 0.3) is 0 Å². The van der Waals surface area contributed by atoms with E-state index in [1.54, 1.807) is 21.9 Å². The molecule has 0 atom stereocenters. The van der Waals surface area contributed by atoms with Crippen LogP contribution < -0.4 is 0 Å². The first-order chi connectivity index (χ1) is 8.69. The number of imidazole rings is 1. The van der Waals surface area contributed by atoms with Gasteiger partial charge in [-0.25, -0.2) is 9.50 Å². The van der Waals surface area contributed by atoms with Crippen LogP contribution in [-0.4, -0.2) is 14.6 Å². The van der Waals surface area contributed by atoms with E-state index in [0.717, 1.165) is 27.6 Å². The molecule has 0 amide bonds. The number of halogens is 2. The van der Waals surface area contributed by atoms with E-state index in [1.807, 2.05) is 18.3 Å². The molecule has 1 aromatic carbocycles. The zero-order valence-electron chi connectivity index (χ0n) is 9.52. The van der Waals surface area contributed by atoms with Crippen LogP contribution in [0.15, 0.2) is 24.4 Å². The normalized spacial score (nSPS) is 11.3. The van der Waals surface area contributed by atoms with Crippen LogP contribution in [0.2, 0.25) is 10.0 Å². The van der Waals surface area contributed by atoms with Crippen molar-refractivity contribution in [3.05, 3.63) is 39.4 Å². The summed E-state index contributed by atoms with van der Waals surface area (Å²) in [6.07, 6.45) is 2.80. The summed E-state index contributed by atoms with van der Waals surface area (Å²) in [5.74, 6) is 0. The highest BCUT2D eigenvalue weighted by atomic mass is 35.5. The zero-order chi connectivity index (χ0) is 12.7. The average Bonchev–Trinajstić information content (AvgIpc) is 2.90. The Balaban J connectivity index is 2.14. The molecule has 18 heavy (non-hydrogen) atoms. The van der Waals surface area contributed by atoms with Gasteiger partial charge in [-0.1, -0.05) is 53.6 Å². The maximum atomic E-state index is 6.18. The molecular weight excluding hydrogens is 289 g/mol. The standard InChI is InChI=1S/C12H9Cl2N3S/c1-2-10-16-17-6-9(15-12(17)18-10)7-4-3-5-8(13)11(7)14/h3-6H,2H2,1H3. The molecule has 2 aromatic heterocycles. The van der Waals surface area contributed by atoms with Crippen molar-refractivity contribution in [1.82, 2.24) is 14.6 Å². The molecule has 0 unspecified atom stereocenters. The van der Waals surface area contributed by atoms with Crippen molar-refractivity contribution in [2.24, 2.45) is 0 Å². The van der Waals surface area contributed by atoms with Crippen molar-refractivity contribution in [2.45, 2.75) is 13.3 Å². The van der Waals surface area contributed by atoms with Crippen LogP contribution in [-0.2, 0) is 6.42 Å². The Labute approximate surface area is 118 Å². The Morgan fingerprint density at radius 2 is 2.17 bits per heavy atom. The van der Waals surface area contributed by atoms with E-state index in [4.69, 9.17) is 23.2 Å². The third kappa shape index (κ3) is 1.90. The number of hydrogen-bond donors (Lipinski definition) is 0. The van der Waals surface area contributed by atoms with Crippen LogP contribution in [0.1, 0.15) is 11.9 Å². The summed E-state index contributed by atoms with van der Waals surface area (Å²) in [4.78, 5) is 5.40. The molecule has 0 N–H and O–H groups in total. The van der Waals surface area contributed by atoms with Crippen LogP contribution in [0.4, 0.5) is 0 Å². The van der Waals surface area contributed by atoms with Crippen molar-refractivity contribution < 1.29 is 0 Å². The summed E-state index contributed by atoms with van der Waals surface area (Å²) in [6.45, 7) is 2.08. The molecule has 0 radical (unpaired) electrons. The first kappa shape index (κ1) is 12.0. The zero-order valence-corrected chi connectivity index (χ0v) is 11.9. The summed E-state index contributed by atoms with van der Waals surface area (Å²) in [5, 5.41) is 6.56. The van der Waals surface area contributed by atoms with Crippen LogP contribution in [0.3, 0.4) is 0 Å².